The third-order valence-electron chi connectivity index (χ3n) is 4.02. The molecule has 0 aliphatic heterocycles. The summed E-state index contributed by atoms with van der Waals surface area (Å²) >= 11 is 5.99. The van der Waals surface area contributed by atoms with Crippen molar-refractivity contribution in [3.8, 4) is 5.75 Å². The Morgan fingerprint density at radius 2 is 2.08 bits per heavy atom. The van der Waals surface area contributed by atoms with Gasteiger partial charge >= 0.3 is 0 Å². The first kappa shape index (κ1) is 19.7. The lowest BCUT2D eigenvalue weighted by Crippen LogP contribution is -2.39. The molecule has 0 saturated heterocycles. The Morgan fingerprint density at radius 3 is 2.69 bits per heavy atom. The summed E-state index contributed by atoms with van der Waals surface area (Å²) < 4.78 is 5.14. The molecule has 2 aromatic rings. The minimum atomic E-state index is -0.518. The maximum absolute atomic E-state index is 12.5. The van der Waals surface area contributed by atoms with Gasteiger partial charge in [-0.2, -0.15) is 0 Å². The van der Waals surface area contributed by atoms with E-state index in [1.807, 2.05) is 30.1 Å². The quantitative estimate of drug-likeness (QED) is 0.587. The lowest BCUT2D eigenvalue weighted by Gasteiger charge is -2.24. The SMILES string of the molecule is COc1cc([N+](=O)[O-])ccc1NC(=O)[C@@H](C)N(C)Cc1cccc(Cl)c1. The van der Waals surface area contributed by atoms with E-state index >= 15 is 0 Å². The number of halogens is 1. The number of likely N-dealkylation sites (N-methyl/N-ethyl adjacent to an activating group) is 1. The number of nitro benzene ring substituents is 1. The summed E-state index contributed by atoms with van der Waals surface area (Å²) in [6, 6.07) is 11.1. The molecule has 1 amide bonds. The number of nitrogens with zero attached hydrogens (tertiary/aromatic N) is 2. The first-order chi connectivity index (χ1) is 12.3. The van der Waals surface area contributed by atoms with Gasteiger partial charge in [-0.3, -0.25) is 19.8 Å². The highest BCUT2D eigenvalue weighted by atomic mass is 35.5. The average molecular weight is 378 g/mol. The van der Waals surface area contributed by atoms with Crippen molar-refractivity contribution in [3.05, 3.63) is 63.2 Å². The maximum atomic E-state index is 12.5. The molecule has 0 spiro atoms. The van der Waals surface area contributed by atoms with Crippen LogP contribution in [-0.2, 0) is 11.3 Å². The van der Waals surface area contributed by atoms with Gasteiger partial charge in [-0.1, -0.05) is 23.7 Å². The number of anilines is 1. The van der Waals surface area contributed by atoms with Gasteiger partial charge in [0.2, 0.25) is 5.91 Å². The van der Waals surface area contributed by atoms with Gasteiger partial charge in [0.15, 0.2) is 0 Å². The zero-order chi connectivity index (χ0) is 19.3. The predicted molar refractivity (Wildman–Crippen MR) is 101 cm³/mol. The summed E-state index contributed by atoms with van der Waals surface area (Å²) in [4.78, 5) is 24.7. The first-order valence-electron chi connectivity index (χ1n) is 7.89. The summed E-state index contributed by atoms with van der Waals surface area (Å²) in [5.41, 5.74) is 1.27. The summed E-state index contributed by atoms with van der Waals surface area (Å²) in [5.74, 6) is -0.0149. The lowest BCUT2D eigenvalue weighted by molar-refractivity contribution is -0.384. The smallest absolute Gasteiger partial charge is 0.273 e. The Hall–Kier alpha value is -2.64. The van der Waals surface area contributed by atoms with Crippen molar-refractivity contribution in [1.29, 1.82) is 0 Å². The standard InChI is InChI=1S/C18H20ClN3O4/c1-12(21(2)11-13-5-4-6-14(19)9-13)18(23)20-16-8-7-15(22(24)25)10-17(16)26-3/h4-10,12H,11H2,1-3H3,(H,20,23)/t12-/m1/s1. The van der Waals surface area contributed by atoms with Gasteiger partial charge in [-0.15, -0.1) is 0 Å². The summed E-state index contributed by atoms with van der Waals surface area (Å²) in [5, 5.41) is 14.2. The van der Waals surface area contributed by atoms with Crippen molar-refractivity contribution in [2.75, 3.05) is 19.5 Å². The fraction of sp³-hybridized carbons (Fsp3) is 0.278. The fourth-order valence-electron chi connectivity index (χ4n) is 2.39. The fourth-order valence-corrected chi connectivity index (χ4v) is 2.61. The van der Waals surface area contributed by atoms with Crippen molar-refractivity contribution in [2.24, 2.45) is 0 Å². The number of methoxy groups -OCH3 is 1. The highest BCUT2D eigenvalue weighted by Gasteiger charge is 2.20. The molecule has 7 nitrogen and oxygen atoms in total. The molecule has 0 aliphatic rings. The minimum Gasteiger partial charge on any atom is -0.494 e. The van der Waals surface area contributed by atoms with Gasteiger partial charge in [-0.05, 0) is 37.7 Å². The summed E-state index contributed by atoms with van der Waals surface area (Å²) in [6.45, 7) is 2.32. The van der Waals surface area contributed by atoms with Gasteiger partial charge in [0.05, 0.1) is 29.8 Å². The number of nitro groups is 1. The topological polar surface area (TPSA) is 84.7 Å². The molecule has 8 heteroatoms. The molecular formula is C18H20ClN3O4. The molecule has 0 aromatic heterocycles. The number of amides is 1. The number of rotatable bonds is 7. The molecule has 2 rings (SSSR count). The van der Waals surface area contributed by atoms with E-state index in [4.69, 9.17) is 16.3 Å². The molecular weight excluding hydrogens is 358 g/mol. The molecule has 1 N–H and O–H groups in total. The van der Waals surface area contributed by atoms with E-state index in [1.165, 1.54) is 25.3 Å². The number of non-ortho nitro benzene ring substituents is 1. The van der Waals surface area contributed by atoms with E-state index in [0.717, 1.165) is 5.56 Å². The van der Waals surface area contributed by atoms with Crippen LogP contribution in [0.4, 0.5) is 11.4 Å². The second-order valence-electron chi connectivity index (χ2n) is 5.85. The van der Waals surface area contributed by atoms with Crippen molar-refractivity contribution in [1.82, 2.24) is 4.90 Å². The van der Waals surface area contributed by atoms with Crippen molar-refractivity contribution in [2.45, 2.75) is 19.5 Å². The molecule has 0 aliphatic carbocycles. The van der Waals surface area contributed by atoms with Crippen LogP contribution in [-0.4, -0.2) is 35.9 Å². The molecule has 0 heterocycles. The van der Waals surface area contributed by atoms with E-state index in [-0.39, 0.29) is 17.3 Å². The highest BCUT2D eigenvalue weighted by molar-refractivity contribution is 6.30. The zero-order valence-corrected chi connectivity index (χ0v) is 15.5. The molecule has 26 heavy (non-hydrogen) atoms. The van der Waals surface area contributed by atoms with Crippen LogP contribution in [0.5, 0.6) is 5.75 Å². The van der Waals surface area contributed by atoms with E-state index in [1.54, 1.807) is 13.0 Å². The summed E-state index contributed by atoms with van der Waals surface area (Å²) in [7, 11) is 3.22. The van der Waals surface area contributed by atoms with Crippen molar-refractivity contribution < 1.29 is 14.5 Å². The predicted octanol–water partition coefficient (Wildman–Crippen LogP) is 3.72. The van der Waals surface area contributed by atoms with E-state index in [2.05, 4.69) is 5.32 Å². The van der Waals surface area contributed by atoms with Crippen LogP contribution in [0.25, 0.3) is 0 Å². The number of carbonyl (C=O) groups is 1. The van der Waals surface area contributed by atoms with Crippen LogP contribution in [0, 0.1) is 10.1 Å². The van der Waals surface area contributed by atoms with Gasteiger partial charge in [-0.25, -0.2) is 0 Å². The van der Waals surface area contributed by atoms with Crippen LogP contribution in [0.3, 0.4) is 0 Å². The van der Waals surface area contributed by atoms with Crippen LogP contribution in [0.1, 0.15) is 12.5 Å². The minimum absolute atomic E-state index is 0.106. The summed E-state index contributed by atoms with van der Waals surface area (Å²) in [6.07, 6.45) is 0. The van der Waals surface area contributed by atoms with Gasteiger partial charge in [0.1, 0.15) is 5.75 Å². The van der Waals surface area contributed by atoms with E-state index in [0.29, 0.717) is 17.3 Å². The highest BCUT2D eigenvalue weighted by Crippen LogP contribution is 2.29. The zero-order valence-electron chi connectivity index (χ0n) is 14.7. The maximum Gasteiger partial charge on any atom is 0.273 e. The molecule has 138 valence electrons. The van der Waals surface area contributed by atoms with Crippen LogP contribution in [0.2, 0.25) is 5.02 Å². The molecule has 0 fully saturated rings. The van der Waals surface area contributed by atoms with Crippen LogP contribution in [0.15, 0.2) is 42.5 Å². The van der Waals surface area contributed by atoms with Crippen molar-refractivity contribution >= 4 is 28.9 Å². The Labute approximate surface area is 156 Å². The largest absolute Gasteiger partial charge is 0.494 e. The number of hydrogen-bond donors (Lipinski definition) is 1. The second kappa shape index (κ2) is 8.64. The Balaban J connectivity index is 2.07. The molecule has 1 atom stereocenters. The van der Waals surface area contributed by atoms with E-state index in [9.17, 15) is 14.9 Å². The molecule has 0 unspecified atom stereocenters. The van der Waals surface area contributed by atoms with Crippen molar-refractivity contribution in [3.63, 3.8) is 0 Å². The molecule has 0 saturated carbocycles. The third-order valence-corrected chi connectivity index (χ3v) is 4.25. The van der Waals surface area contributed by atoms with Crippen LogP contribution < -0.4 is 10.1 Å². The lowest BCUT2D eigenvalue weighted by atomic mass is 10.2. The van der Waals surface area contributed by atoms with Gasteiger partial charge in [0.25, 0.3) is 5.69 Å². The normalized spacial score (nSPS) is 11.9. The Bertz CT molecular complexity index is 813. The molecule has 2 aromatic carbocycles. The van der Waals surface area contributed by atoms with Crippen LogP contribution >= 0.6 is 11.6 Å². The molecule has 0 radical (unpaired) electrons. The molecule has 0 bridgehead atoms. The second-order valence-corrected chi connectivity index (χ2v) is 6.29. The number of benzene rings is 2. The first-order valence-corrected chi connectivity index (χ1v) is 8.27. The Morgan fingerprint density at radius 1 is 1.35 bits per heavy atom. The van der Waals surface area contributed by atoms with Gasteiger partial charge in [0, 0.05) is 17.6 Å². The number of hydrogen-bond acceptors (Lipinski definition) is 5. The number of carbonyl (C=O) groups excluding carboxylic acids is 1. The number of ether oxygens (including phenoxy) is 1. The van der Waals surface area contributed by atoms with E-state index < -0.39 is 11.0 Å². The number of nitrogens with one attached hydrogen (secondary N) is 1. The monoisotopic (exact) mass is 377 g/mol. The van der Waals surface area contributed by atoms with Gasteiger partial charge < -0.3 is 10.1 Å². The average Bonchev–Trinajstić information content (AvgIpc) is 2.61. The third kappa shape index (κ3) is 4.93. The Kier molecular flexibility index (Phi) is 6.54.